The Morgan fingerprint density at radius 3 is 2.55 bits per heavy atom. The van der Waals surface area contributed by atoms with Crippen molar-refractivity contribution in [3.8, 4) is 0 Å². The summed E-state index contributed by atoms with van der Waals surface area (Å²) in [4.78, 5) is 9.81. The zero-order valence-electron chi connectivity index (χ0n) is 11.4. The van der Waals surface area contributed by atoms with Crippen molar-refractivity contribution >= 4 is 5.69 Å². The molecule has 0 aromatic heterocycles. The minimum absolute atomic E-state index is 0.128. The highest BCUT2D eigenvalue weighted by Gasteiger charge is 2.34. The number of nitrogens with zero attached hydrogens (tertiary/aromatic N) is 1. The van der Waals surface area contributed by atoms with Gasteiger partial charge in [0, 0.05) is 30.8 Å². The minimum Gasteiger partial charge on any atom is -0.312 e. The first-order valence-corrected chi connectivity index (χ1v) is 6.80. The van der Waals surface area contributed by atoms with Gasteiger partial charge in [-0.25, -0.2) is 4.39 Å². The molecule has 1 saturated carbocycles. The van der Waals surface area contributed by atoms with Crippen molar-refractivity contribution in [2.45, 2.75) is 39.2 Å². The maximum atomic E-state index is 13.6. The zero-order chi connectivity index (χ0) is 14.8. The number of nitro groups is 1. The minimum atomic E-state index is -1.14. The van der Waals surface area contributed by atoms with Crippen LogP contribution in [0.25, 0.3) is 0 Å². The van der Waals surface area contributed by atoms with Crippen LogP contribution in [-0.2, 0) is 6.54 Å². The van der Waals surface area contributed by atoms with E-state index in [1.165, 1.54) is 6.42 Å². The van der Waals surface area contributed by atoms with Gasteiger partial charge in [0.25, 0.3) is 0 Å². The molecule has 0 saturated heterocycles. The van der Waals surface area contributed by atoms with E-state index in [9.17, 15) is 18.9 Å². The van der Waals surface area contributed by atoms with E-state index in [1.807, 2.05) is 0 Å². The van der Waals surface area contributed by atoms with Gasteiger partial charge < -0.3 is 5.32 Å². The fourth-order valence-corrected chi connectivity index (χ4v) is 2.65. The van der Waals surface area contributed by atoms with Crippen molar-refractivity contribution in [2.75, 3.05) is 6.54 Å². The molecule has 2 rings (SSSR count). The molecule has 20 heavy (non-hydrogen) atoms. The summed E-state index contributed by atoms with van der Waals surface area (Å²) in [7, 11) is 0. The summed E-state index contributed by atoms with van der Waals surface area (Å²) in [5, 5.41) is 13.8. The molecule has 0 unspecified atom stereocenters. The summed E-state index contributed by atoms with van der Waals surface area (Å²) in [6, 6.07) is 1.55. The molecular formula is C14H18F2N2O2. The average molecular weight is 284 g/mol. The van der Waals surface area contributed by atoms with Crippen LogP contribution in [0, 0.1) is 27.2 Å². The van der Waals surface area contributed by atoms with E-state index in [1.54, 1.807) is 0 Å². The normalized spacial score (nSPS) is 16.8. The lowest BCUT2D eigenvalue weighted by Gasteiger charge is -2.41. The number of benzene rings is 1. The second kappa shape index (κ2) is 5.83. The molecule has 6 heteroatoms. The standard InChI is InChI=1S/C14H18F2N2O2/c1-2-14(4-3-5-14)9-17-8-10-6-13(18(19)20)12(16)7-11(10)15/h6-7,17H,2-5,8-9H2,1H3. The Bertz CT molecular complexity index is 511. The van der Waals surface area contributed by atoms with E-state index in [2.05, 4.69) is 12.2 Å². The third-order valence-electron chi connectivity index (χ3n) is 4.29. The Labute approximate surface area is 116 Å². The van der Waals surface area contributed by atoms with Gasteiger partial charge in [0.2, 0.25) is 5.82 Å². The average Bonchev–Trinajstić information content (AvgIpc) is 2.34. The van der Waals surface area contributed by atoms with Crippen LogP contribution in [0.15, 0.2) is 12.1 Å². The fraction of sp³-hybridized carbons (Fsp3) is 0.571. The molecule has 1 aliphatic carbocycles. The predicted octanol–water partition coefficient (Wildman–Crippen LogP) is 3.54. The van der Waals surface area contributed by atoms with Gasteiger partial charge >= 0.3 is 5.69 Å². The zero-order valence-corrected chi connectivity index (χ0v) is 11.4. The number of hydrogen-bond acceptors (Lipinski definition) is 3. The van der Waals surface area contributed by atoms with Gasteiger partial charge in [-0.1, -0.05) is 13.3 Å². The summed E-state index contributed by atoms with van der Waals surface area (Å²) in [5.41, 5.74) is -0.275. The number of nitrogens with one attached hydrogen (secondary N) is 1. The van der Waals surface area contributed by atoms with Gasteiger partial charge in [-0.2, -0.15) is 4.39 Å². The molecule has 0 aliphatic heterocycles. The van der Waals surface area contributed by atoms with Crippen LogP contribution in [0.5, 0.6) is 0 Å². The molecule has 1 aromatic rings. The van der Waals surface area contributed by atoms with E-state index in [-0.39, 0.29) is 17.5 Å². The Balaban J connectivity index is 2.02. The lowest BCUT2D eigenvalue weighted by Crippen LogP contribution is -2.39. The quantitative estimate of drug-likeness (QED) is 0.642. The molecule has 1 aliphatic rings. The number of halogens is 2. The second-order valence-electron chi connectivity index (χ2n) is 5.46. The van der Waals surface area contributed by atoms with Crippen molar-refractivity contribution in [1.29, 1.82) is 0 Å². The van der Waals surface area contributed by atoms with Gasteiger partial charge in [0.15, 0.2) is 0 Å². The molecular weight excluding hydrogens is 266 g/mol. The van der Waals surface area contributed by atoms with Gasteiger partial charge in [0.1, 0.15) is 5.82 Å². The summed E-state index contributed by atoms with van der Waals surface area (Å²) in [6.45, 7) is 3.06. The topological polar surface area (TPSA) is 55.2 Å². The Kier molecular flexibility index (Phi) is 4.32. The molecule has 0 bridgehead atoms. The maximum absolute atomic E-state index is 13.6. The predicted molar refractivity (Wildman–Crippen MR) is 71.3 cm³/mol. The van der Waals surface area contributed by atoms with Crippen LogP contribution in [0.1, 0.15) is 38.2 Å². The molecule has 4 nitrogen and oxygen atoms in total. The molecule has 0 spiro atoms. The molecule has 0 radical (unpaired) electrons. The molecule has 0 atom stereocenters. The fourth-order valence-electron chi connectivity index (χ4n) is 2.65. The van der Waals surface area contributed by atoms with Crippen LogP contribution >= 0.6 is 0 Å². The van der Waals surface area contributed by atoms with E-state index in [0.29, 0.717) is 6.07 Å². The smallest absolute Gasteiger partial charge is 0.305 e. The summed E-state index contributed by atoms with van der Waals surface area (Å²) in [6.07, 6.45) is 4.59. The van der Waals surface area contributed by atoms with Crippen LogP contribution in [0.3, 0.4) is 0 Å². The van der Waals surface area contributed by atoms with E-state index in [0.717, 1.165) is 31.9 Å². The van der Waals surface area contributed by atoms with Crippen molar-refractivity contribution in [3.05, 3.63) is 39.4 Å². The molecule has 1 fully saturated rings. The van der Waals surface area contributed by atoms with Crippen molar-refractivity contribution in [1.82, 2.24) is 5.32 Å². The maximum Gasteiger partial charge on any atom is 0.305 e. The van der Waals surface area contributed by atoms with Crippen molar-refractivity contribution < 1.29 is 13.7 Å². The van der Waals surface area contributed by atoms with Crippen molar-refractivity contribution in [3.63, 3.8) is 0 Å². The monoisotopic (exact) mass is 284 g/mol. The van der Waals surface area contributed by atoms with Gasteiger partial charge in [0.05, 0.1) is 4.92 Å². The number of nitro benzene ring substituents is 1. The summed E-state index contributed by atoms with van der Waals surface area (Å²) < 4.78 is 26.8. The first-order valence-electron chi connectivity index (χ1n) is 6.80. The lowest BCUT2D eigenvalue weighted by atomic mass is 9.67. The third-order valence-corrected chi connectivity index (χ3v) is 4.29. The Morgan fingerprint density at radius 2 is 2.05 bits per heavy atom. The van der Waals surface area contributed by atoms with E-state index in [4.69, 9.17) is 0 Å². The largest absolute Gasteiger partial charge is 0.312 e. The second-order valence-corrected chi connectivity index (χ2v) is 5.46. The highest BCUT2D eigenvalue weighted by atomic mass is 19.1. The van der Waals surface area contributed by atoms with Gasteiger partial charge in [-0.3, -0.25) is 10.1 Å². The van der Waals surface area contributed by atoms with Crippen LogP contribution in [0.4, 0.5) is 14.5 Å². The van der Waals surface area contributed by atoms with Crippen LogP contribution in [-0.4, -0.2) is 11.5 Å². The van der Waals surface area contributed by atoms with Crippen molar-refractivity contribution in [2.24, 2.45) is 5.41 Å². The van der Waals surface area contributed by atoms with E-state index >= 15 is 0 Å². The highest BCUT2D eigenvalue weighted by Crippen LogP contribution is 2.43. The first kappa shape index (κ1) is 14.8. The lowest BCUT2D eigenvalue weighted by molar-refractivity contribution is -0.387. The molecule has 1 N–H and O–H groups in total. The SMILES string of the molecule is CCC1(CNCc2cc([N+](=O)[O-])c(F)cc2F)CCC1. The Hall–Kier alpha value is -1.56. The Morgan fingerprint density at radius 1 is 1.35 bits per heavy atom. The highest BCUT2D eigenvalue weighted by molar-refractivity contribution is 5.37. The van der Waals surface area contributed by atoms with Gasteiger partial charge in [-0.15, -0.1) is 0 Å². The molecule has 0 amide bonds. The number of hydrogen-bond donors (Lipinski definition) is 1. The summed E-state index contributed by atoms with van der Waals surface area (Å²) >= 11 is 0. The third kappa shape index (κ3) is 2.95. The molecule has 110 valence electrons. The number of rotatable bonds is 6. The van der Waals surface area contributed by atoms with Crippen LogP contribution in [0.2, 0.25) is 0 Å². The summed E-state index contributed by atoms with van der Waals surface area (Å²) in [5.74, 6) is -1.89. The first-order chi connectivity index (χ1) is 9.47. The molecule has 1 aromatic carbocycles. The van der Waals surface area contributed by atoms with E-state index < -0.39 is 22.2 Å². The molecule has 0 heterocycles. The van der Waals surface area contributed by atoms with Gasteiger partial charge in [-0.05, 0) is 24.7 Å². The van der Waals surface area contributed by atoms with Crippen LogP contribution < -0.4 is 5.32 Å².